The highest BCUT2D eigenvalue weighted by atomic mass is 35.5. The third kappa shape index (κ3) is 4.67. The van der Waals surface area contributed by atoms with E-state index in [0.29, 0.717) is 25.2 Å². The zero-order valence-corrected chi connectivity index (χ0v) is 14.9. The third-order valence-electron chi connectivity index (χ3n) is 3.98. The Bertz CT molecular complexity index is 591. The molecule has 2 rings (SSSR count). The maximum absolute atomic E-state index is 12.4. The van der Waals surface area contributed by atoms with E-state index in [-0.39, 0.29) is 30.7 Å². The molecule has 3 N–H and O–H groups in total. The number of anilines is 1. The molecule has 0 radical (unpaired) electrons. The molecule has 1 amide bonds. The maximum Gasteiger partial charge on any atom is 0.233 e. The van der Waals surface area contributed by atoms with E-state index in [9.17, 15) is 4.79 Å². The van der Waals surface area contributed by atoms with Gasteiger partial charge >= 0.3 is 0 Å². The Morgan fingerprint density at radius 1 is 1.22 bits per heavy atom. The first kappa shape index (κ1) is 21.4. The van der Waals surface area contributed by atoms with Crippen LogP contribution in [-0.2, 0) is 4.79 Å². The van der Waals surface area contributed by atoms with Crippen molar-refractivity contribution in [3.8, 4) is 5.69 Å². The number of amides is 1. The molecule has 0 aliphatic carbocycles. The summed E-state index contributed by atoms with van der Waals surface area (Å²) in [4.78, 5) is 16.4. The van der Waals surface area contributed by atoms with Gasteiger partial charge in [-0.15, -0.1) is 24.8 Å². The van der Waals surface area contributed by atoms with Crippen LogP contribution in [0.2, 0.25) is 0 Å². The molecule has 0 saturated carbocycles. The molecule has 0 fully saturated rings. The number of nitrogens with zero attached hydrogens (tertiary/aromatic N) is 3. The van der Waals surface area contributed by atoms with Crippen molar-refractivity contribution in [2.24, 2.45) is 11.1 Å². The summed E-state index contributed by atoms with van der Waals surface area (Å²) < 4.78 is 1.69. The molecule has 0 spiro atoms. The second kappa shape index (κ2) is 9.50. The number of hydrogen-bond acceptors (Lipinski definition) is 4. The quantitative estimate of drug-likeness (QED) is 0.830. The second-order valence-corrected chi connectivity index (χ2v) is 5.00. The number of halogens is 2. The molecule has 0 bridgehead atoms. The zero-order chi connectivity index (χ0) is 15.3. The van der Waals surface area contributed by atoms with Gasteiger partial charge in [0.1, 0.15) is 0 Å². The van der Waals surface area contributed by atoms with Crippen LogP contribution in [0.5, 0.6) is 0 Å². The van der Waals surface area contributed by atoms with E-state index < -0.39 is 5.41 Å². The minimum atomic E-state index is -0.527. The van der Waals surface area contributed by atoms with Gasteiger partial charge in [-0.2, -0.15) is 5.10 Å². The summed E-state index contributed by atoms with van der Waals surface area (Å²) in [7, 11) is 0. The minimum absolute atomic E-state index is 0. The number of carbonyl (C=O) groups excluding carboxylic acids is 1. The number of hydrogen-bond donors (Lipinski definition) is 2. The first-order chi connectivity index (χ1) is 10.1. The fourth-order valence-corrected chi connectivity index (χ4v) is 2.23. The molecule has 0 aliphatic heterocycles. The smallest absolute Gasteiger partial charge is 0.233 e. The summed E-state index contributed by atoms with van der Waals surface area (Å²) in [5, 5.41) is 7.21. The minimum Gasteiger partial charge on any atom is -0.329 e. The lowest BCUT2D eigenvalue weighted by atomic mass is 9.81. The molecule has 128 valence electrons. The molecule has 8 heteroatoms. The Balaban J connectivity index is 0.00000242. The molecule has 0 aliphatic rings. The Hall–Kier alpha value is -1.63. The van der Waals surface area contributed by atoms with Crippen LogP contribution in [0.1, 0.15) is 26.7 Å². The average Bonchev–Trinajstić information content (AvgIpc) is 2.99. The maximum atomic E-state index is 12.4. The molecule has 0 atom stereocenters. The highest BCUT2D eigenvalue weighted by Gasteiger charge is 2.33. The van der Waals surface area contributed by atoms with Crippen molar-refractivity contribution in [1.29, 1.82) is 0 Å². The van der Waals surface area contributed by atoms with E-state index in [1.807, 2.05) is 26.0 Å². The van der Waals surface area contributed by atoms with Gasteiger partial charge in [-0.1, -0.05) is 13.8 Å². The number of rotatable bonds is 6. The van der Waals surface area contributed by atoms with Crippen molar-refractivity contribution in [2.45, 2.75) is 26.7 Å². The molecule has 23 heavy (non-hydrogen) atoms. The van der Waals surface area contributed by atoms with Crippen LogP contribution in [0.4, 0.5) is 5.82 Å². The van der Waals surface area contributed by atoms with Crippen LogP contribution in [-0.4, -0.2) is 27.2 Å². The summed E-state index contributed by atoms with van der Waals surface area (Å²) in [6.45, 7) is 4.29. The van der Waals surface area contributed by atoms with E-state index in [1.165, 1.54) is 0 Å². The molecule has 6 nitrogen and oxygen atoms in total. The number of aromatic nitrogens is 3. The van der Waals surface area contributed by atoms with Crippen molar-refractivity contribution in [3.63, 3.8) is 0 Å². The van der Waals surface area contributed by atoms with Gasteiger partial charge < -0.3 is 11.1 Å². The number of pyridine rings is 1. The largest absolute Gasteiger partial charge is 0.329 e. The van der Waals surface area contributed by atoms with Crippen LogP contribution in [0.25, 0.3) is 5.69 Å². The van der Waals surface area contributed by atoms with Crippen molar-refractivity contribution >= 4 is 36.5 Å². The predicted molar refractivity (Wildman–Crippen MR) is 96.6 cm³/mol. The molecule has 0 unspecified atom stereocenters. The zero-order valence-electron chi connectivity index (χ0n) is 13.2. The van der Waals surface area contributed by atoms with E-state index in [4.69, 9.17) is 5.73 Å². The standard InChI is InChI=1S/C15H21N5O.2ClH/c1-3-15(4-2,11-16)14(21)18-13-7-10-20(19-13)12-5-8-17-9-6-12;;/h5-10H,3-4,11,16H2,1-2H3,(H,18,19,21);2*1H. The Morgan fingerprint density at radius 2 is 1.83 bits per heavy atom. The van der Waals surface area contributed by atoms with Gasteiger partial charge in [-0.05, 0) is 25.0 Å². The number of nitrogens with one attached hydrogen (secondary N) is 1. The lowest BCUT2D eigenvalue weighted by molar-refractivity contribution is -0.125. The van der Waals surface area contributed by atoms with Crippen molar-refractivity contribution in [3.05, 3.63) is 36.8 Å². The van der Waals surface area contributed by atoms with Gasteiger partial charge in [0.2, 0.25) is 5.91 Å². The highest BCUT2D eigenvalue weighted by molar-refractivity contribution is 5.94. The fraction of sp³-hybridized carbons (Fsp3) is 0.400. The van der Waals surface area contributed by atoms with Gasteiger partial charge in [0.05, 0.1) is 11.1 Å². The summed E-state index contributed by atoms with van der Waals surface area (Å²) in [6.07, 6.45) is 6.60. The van der Waals surface area contributed by atoms with E-state index in [2.05, 4.69) is 15.4 Å². The average molecular weight is 360 g/mol. The predicted octanol–water partition coefficient (Wildman–Crippen LogP) is 2.81. The highest BCUT2D eigenvalue weighted by Crippen LogP contribution is 2.26. The summed E-state index contributed by atoms with van der Waals surface area (Å²) in [5.41, 5.74) is 6.15. The van der Waals surface area contributed by atoms with E-state index >= 15 is 0 Å². The van der Waals surface area contributed by atoms with Crippen molar-refractivity contribution in [2.75, 3.05) is 11.9 Å². The van der Waals surface area contributed by atoms with Crippen molar-refractivity contribution < 1.29 is 4.79 Å². The molecular formula is C15H23Cl2N5O. The van der Waals surface area contributed by atoms with Crippen LogP contribution in [0.3, 0.4) is 0 Å². The monoisotopic (exact) mass is 359 g/mol. The van der Waals surface area contributed by atoms with Crippen LogP contribution in [0, 0.1) is 5.41 Å². The number of nitrogens with two attached hydrogens (primary N) is 1. The summed E-state index contributed by atoms with van der Waals surface area (Å²) in [5.74, 6) is 0.450. The molecule has 0 aromatic carbocycles. The molecule has 2 aromatic heterocycles. The molecule has 0 saturated heterocycles. The van der Waals surface area contributed by atoms with Gasteiger partial charge in [-0.3, -0.25) is 9.78 Å². The fourth-order valence-electron chi connectivity index (χ4n) is 2.23. The van der Waals surface area contributed by atoms with Gasteiger partial charge in [0.15, 0.2) is 5.82 Å². The molecule has 2 heterocycles. The summed E-state index contributed by atoms with van der Waals surface area (Å²) in [6, 6.07) is 5.46. The third-order valence-corrected chi connectivity index (χ3v) is 3.98. The first-order valence-corrected chi connectivity index (χ1v) is 7.13. The summed E-state index contributed by atoms with van der Waals surface area (Å²) >= 11 is 0. The molecular weight excluding hydrogens is 337 g/mol. The Morgan fingerprint density at radius 3 is 2.35 bits per heavy atom. The lowest BCUT2D eigenvalue weighted by Gasteiger charge is -2.27. The van der Waals surface area contributed by atoms with Crippen LogP contribution < -0.4 is 11.1 Å². The number of carbonyl (C=O) groups is 1. The van der Waals surface area contributed by atoms with Crippen LogP contribution in [0.15, 0.2) is 36.8 Å². The Labute approximate surface area is 148 Å². The van der Waals surface area contributed by atoms with E-state index in [1.54, 1.807) is 29.3 Å². The normalized spacial score (nSPS) is 10.4. The lowest BCUT2D eigenvalue weighted by Crippen LogP contribution is -2.41. The van der Waals surface area contributed by atoms with Gasteiger partial charge in [-0.25, -0.2) is 4.68 Å². The van der Waals surface area contributed by atoms with Gasteiger partial charge in [0, 0.05) is 31.2 Å². The van der Waals surface area contributed by atoms with Gasteiger partial charge in [0.25, 0.3) is 0 Å². The molecule has 2 aromatic rings. The van der Waals surface area contributed by atoms with Crippen molar-refractivity contribution in [1.82, 2.24) is 14.8 Å². The topological polar surface area (TPSA) is 85.8 Å². The Kier molecular flexibility index (Phi) is 8.82. The second-order valence-electron chi connectivity index (χ2n) is 5.00. The first-order valence-electron chi connectivity index (χ1n) is 7.13. The van der Waals surface area contributed by atoms with E-state index in [0.717, 1.165) is 5.69 Å². The van der Waals surface area contributed by atoms with Crippen LogP contribution >= 0.6 is 24.8 Å². The SMILES string of the molecule is CCC(CC)(CN)C(=O)Nc1ccn(-c2ccncc2)n1.Cl.Cl.